The van der Waals surface area contributed by atoms with Crippen LogP contribution in [-0.4, -0.2) is 37.3 Å². The van der Waals surface area contributed by atoms with Gasteiger partial charge in [0.1, 0.15) is 5.82 Å². The van der Waals surface area contributed by atoms with Crippen LogP contribution in [0.1, 0.15) is 13.8 Å². The van der Waals surface area contributed by atoms with Crippen molar-refractivity contribution in [3.8, 4) is 11.3 Å². The van der Waals surface area contributed by atoms with E-state index < -0.39 is 0 Å². The number of aromatic nitrogens is 4. The number of rotatable bonds is 5. The van der Waals surface area contributed by atoms with Crippen LogP contribution in [0.2, 0.25) is 0 Å². The lowest BCUT2D eigenvalue weighted by Crippen LogP contribution is -2.30. The fourth-order valence-electron chi connectivity index (χ4n) is 2.97. The Morgan fingerprint density at radius 3 is 2.88 bits per heavy atom. The SMILES string of the molecule is CC(C)[C@@H](CO)Nc1ccc2ncc(-c3ccc4[nH]ccc4c3)n2n1. The minimum Gasteiger partial charge on any atom is -0.394 e. The van der Waals surface area contributed by atoms with Crippen LogP contribution in [0.4, 0.5) is 5.82 Å². The Kier molecular flexibility index (Phi) is 3.89. The Labute approximate surface area is 145 Å². The number of aromatic amines is 1. The first-order valence-corrected chi connectivity index (χ1v) is 8.45. The highest BCUT2D eigenvalue weighted by Crippen LogP contribution is 2.25. The highest BCUT2D eigenvalue weighted by molar-refractivity contribution is 5.84. The summed E-state index contributed by atoms with van der Waals surface area (Å²) in [5.41, 5.74) is 3.90. The fraction of sp³-hybridized carbons (Fsp3) is 0.263. The van der Waals surface area contributed by atoms with E-state index in [4.69, 9.17) is 0 Å². The Balaban J connectivity index is 1.75. The van der Waals surface area contributed by atoms with Crippen molar-refractivity contribution < 1.29 is 5.11 Å². The van der Waals surface area contributed by atoms with Crippen LogP contribution in [0.25, 0.3) is 27.8 Å². The number of anilines is 1. The molecule has 4 aromatic rings. The first-order chi connectivity index (χ1) is 12.2. The van der Waals surface area contributed by atoms with Crippen LogP contribution in [0.5, 0.6) is 0 Å². The Bertz CT molecular complexity index is 1020. The Morgan fingerprint density at radius 1 is 1.20 bits per heavy atom. The molecule has 0 aliphatic heterocycles. The molecule has 0 aliphatic rings. The number of benzene rings is 1. The maximum Gasteiger partial charge on any atom is 0.154 e. The molecule has 6 nitrogen and oxygen atoms in total. The molecule has 128 valence electrons. The largest absolute Gasteiger partial charge is 0.394 e. The summed E-state index contributed by atoms with van der Waals surface area (Å²) in [7, 11) is 0. The predicted octanol–water partition coefficient (Wildman–Crippen LogP) is 3.31. The number of aliphatic hydroxyl groups is 1. The van der Waals surface area contributed by atoms with Crippen molar-refractivity contribution in [2.45, 2.75) is 19.9 Å². The number of nitrogens with zero attached hydrogens (tertiary/aromatic N) is 3. The van der Waals surface area contributed by atoms with Gasteiger partial charge in [0.15, 0.2) is 5.65 Å². The number of hydrogen-bond donors (Lipinski definition) is 3. The van der Waals surface area contributed by atoms with E-state index in [0.29, 0.717) is 5.92 Å². The summed E-state index contributed by atoms with van der Waals surface area (Å²) in [5, 5.41) is 18.7. The second kappa shape index (κ2) is 6.22. The first-order valence-electron chi connectivity index (χ1n) is 8.45. The minimum absolute atomic E-state index is 0.0341. The molecule has 0 aliphatic carbocycles. The minimum atomic E-state index is -0.0341. The molecule has 0 saturated carbocycles. The van der Waals surface area contributed by atoms with E-state index >= 15 is 0 Å². The molecular weight excluding hydrogens is 314 g/mol. The zero-order valence-corrected chi connectivity index (χ0v) is 14.3. The molecule has 0 unspecified atom stereocenters. The average Bonchev–Trinajstić information content (AvgIpc) is 3.24. The molecule has 1 atom stereocenters. The summed E-state index contributed by atoms with van der Waals surface area (Å²) >= 11 is 0. The van der Waals surface area contributed by atoms with E-state index in [-0.39, 0.29) is 12.6 Å². The van der Waals surface area contributed by atoms with E-state index in [9.17, 15) is 5.11 Å². The van der Waals surface area contributed by atoms with Crippen molar-refractivity contribution in [2.24, 2.45) is 5.92 Å². The van der Waals surface area contributed by atoms with Gasteiger partial charge in [0, 0.05) is 22.7 Å². The van der Waals surface area contributed by atoms with Gasteiger partial charge >= 0.3 is 0 Å². The summed E-state index contributed by atoms with van der Waals surface area (Å²) in [6.45, 7) is 4.21. The third kappa shape index (κ3) is 2.85. The molecular formula is C19H21N5O. The summed E-state index contributed by atoms with van der Waals surface area (Å²) in [6.07, 6.45) is 3.77. The molecule has 0 amide bonds. The fourth-order valence-corrected chi connectivity index (χ4v) is 2.97. The molecule has 3 heterocycles. The molecule has 0 spiro atoms. The maximum atomic E-state index is 9.53. The van der Waals surface area contributed by atoms with Gasteiger partial charge in [-0.25, -0.2) is 9.50 Å². The van der Waals surface area contributed by atoms with Crippen LogP contribution in [0.15, 0.2) is 48.8 Å². The van der Waals surface area contributed by atoms with E-state index in [2.05, 4.69) is 58.5 Å². The van der Waals surface area contributed by atoms with Crippen molar-refractivity contribution >= 4 is 22.4 Å². The van der Waals surface area contributed by atoms with Gasteiger partial charge in [-0.2, -0.15) is 0 Å². The standard InChI is InChI=1S/C19H21N5O/c1-12(2)16(11-25)22-18-5-6-19-21-10-17(24(19)23-18)14-3-4-15-13(9-14)7-8-20-15/h3-10,12,16,20,25H,11H2,1-2H3,(H,22,23)/t16-/m1/s1. The van der Waals surface area contributed by atoms with Crippen molar-refractivity contribution in [1.29, 1.82) is 0 Å². The number of imidazole rings is 1. The van der Waals surface area contributed by atoms with Gasteiger partial charge < -0.3 is 15.4 Å². The van der Waals surface area contributed by atoms with Crippen LogP contribution >= 0.6 is 0 Å². The number of hydrogen-bond acceptors (Lipinski definition) is 4. The zero-order chi connectivity index (χ0) is 17.4. The lowest BCUT2D eigenvalue weighted by Gasteiger charge is -2.20. The van der Waals surface area contributed by atoms with Crippen molar-refractivity contribution in [3.63, 3.8) is 0 Å². The van der Waals surface area contributed by atoms with E-state index in [1.807, 2.05) is 29.0 Å². The van der Waals surface area contributed by atoms with Crippen molar-refractivity contribution in [1.82, 2.24) is 19.6 Å². The summed E-state index contributed by atoms with van der Waals surface area (Å²) in [6, 6.07) is 12.1. The molecule has 6 heteroatoms. The highest BCUT2D eigenvalue weighted by Gasteiger charge is 2.14. The second-order valence-corrected chi connectivity index (χ2v) is 6.59. The average molecular weight is 335 g/mol. The monoisotopic (exact) mass is 335 g/mol. The molecule has 3 N–H and O–H groups in total. The van der Waals surface area contributed by atoms with E-state index in [1.165, 1.54) is 0 Å². The lowest BCUT2D eigenvalue weighted by molar-refractivity contribution is 0.249. The highest BCUT2D eigenvalue weighted by atomic mass is 16.3. The number of nitrogens with one attached hydrogen (secondary N) is 2. The maximum absolute atomic E-state index is 9.53. The molecule has 0 saturated heterocycles. The number of fused-ring (bicyclic) bond motifs is 2. The number of H-pyrrole nitrogens is 1. The third-order valence-electron chi connectivity index (χ3n) is 4.55. The molecule has 25 heavy (non-hydrogen) atoms. The quantitative estimate of drug-likeness (QED) is 0.523. The summed E-state index contributed by atoms with van der Waals surface area (Å²) in [4.78, 5) is 7.66. The van der Waals surface area contributed by atoms with Gasteiger partial charge in [-0.3, -0.25) is 0 Å². The molecule has 3 aromatic heterocycles. The van der Waals surface area contributed by atoms with E-state index in [0.717, 1.165) is 33.6 Å². The van der Waals surface area contributed by atoms with Crippen LogP contribution in [0.3, 0.4) is 0 Å². The van der Waals surface area contributed by atoms with Crippen LogP contribution in [0, 0.1) is 5.92 Å². The van der Waals surface area contributed by atoms with E-state index in [1.54, 1.807) is 0 Å². The van der Waals surface area contributed by atoms with Gasteiger partial charge in [0.05, 0.1) is 24.5 Å². The first kappa shape index (κ1) is 15.7. The van der Waals surface area contributed by atoms with Gasteiger partial charge in [-0.1, -0.05) is 19.9 Å². The number of aliphatic hydroxyl groups excluding tert-OH is 1. The third-order valence-corrected chi connectivity index (χ3v) is 4.55. The van der Waals surface area contributed by atoms with Gasteiger partial charge in [-0.15, -0.1) is 5.10 Å². The van der Waals surface area contributed by atoms with Crippen LogP contribution < -0.4 is 5.32 Å². The van der Waals surface area contributed by atoms with Crippen LogP contribution in [-0.2, 0) is 0 Å². The molecule has 0 bridgehead atoms. The smallest absolute Gasteiger partial charge is 0.154 e. The molecule has 4 rings (SSSR count). The normalized spacial score (nSPS) is 13.0. The molecule has 0 radical (unpaired) electrons. The molecule has 1 aromatic carbocycles. The van der Waals surface area contributed by atoms with Crippen molar-refractivity contribution in [3.05, 3.63) is 48.8 Å². The molecule has 0 fully saturated rings. The van der Waals surface area contributed by atoms with Crippen molar-refractivity contribution in [2.75, 3.05) is 11.9 Å². The predicted molar refractivity (Wildman–Crippen MR) is 99.6 cm³/mol. The summed E-state index contributed by atoms with van der Waals surface area (Å²) < 4.78 is 1.84. The topological polar surface area (TPSA) is 78.2 Å². The van der Waals surface area contributed by atoms with Gasteiger partial charge in [0.25, 0.3) is 0 Å². The second-order valence-electron chi connectivity index (χ2n) is 6.59. The van der Waals surface area contributed by atoms with Gasteiger partial charge in [0.2, 0.25) is 0 Å². The lowest BCUT2D eigenvalue weighted by atomic mass is 10.1. The zero-order valence-electron chi connectivity index (χ0n) is 14.3. The van der Waals surface area contributed by atoms with Gasteiger partial charge in [-0.05, 0) is 36.2 Å². The Morgan fingerprint density at radius 2 is 2.08 bits per heavy atom. The summed E-state index contributed by atoms with van der Waals surface area (Å²) in [5.74, 6) is 1.03. The Hall–Kier alpha value is -2.86.